The van der Waals surface area contributed by atoms with Crippen molar-refractivity contribution < 1.29 is 33.3 Å². The van der Waals surface area contributed by atoms with Crippen molar-refractivity contribution in [3.05, 3.63) is 183 Å². The normalized spacial score (nSPS) is 23.4. The van der Waals surface area contributed by atoms with Crippen LogP contribution in [0.3, 0.4) is 0 Å². The number of methoxy groups -OCH3 is 1. The van der Waals surface area contributed by atoms with Gasteiger partial charge in [-0.1, -0.05) is 97.1 Å². The van der Waals surface area contributed by atoms with Crippen LogP contribution in [0.2, 0.25) is 0 Å². The fourth-order valence-electron chi connectivity index (χ4n) is 14.8. The molecule has 1 aromatic heterocycles. The smallest absolute Gasteiger partial charge is 0.264 e. The topological polar surface area (TPSA) is 191 Å². The summed E-state index contributed by atoms with van der Waals surface area (Å²) in [6.07, 6.45) is 28.3. The molecule has 5 aromatic rings. The minimum atomic E-state index is -0.0114. The first-order valence-corrected chi connectivity index (χ1v) is 32.5. The van der Waals surface area contributed by atoms with Crippen molar-refractivity contribution in [2.75, 3.05) is 79.5 Å². The summed E-state index contributed by atoms with van der Waals surface area (Å²) in [5, 5.41) is 5.36. The van der Waals surface area contributed by atoms with E-state index in [9.17, 15) is 14.4 Å². The van der Waals surface area contributed by atoms with Gasteiger partial charge in [-0.15, -0.1) is 23.1 Å². The Morgan fingerprint density at radius 3 is 1.57 bits per heavy atom. The molecule has 0 radical (unpaired) electrons. The van der Waals surface area contributed by atoms with Crippen LogP contribution < -0.4 is 41.5 Å². The van der Waals surface area contributed by atoms with Gasteiger partial charge in [-0.3, -0.25) is 14.4 Å². The summed E-state index contributed by atoms with van der Waals surface area (Å²) in [5.74, 6) is 4.55. The third kappa shape index (κ3) is 10.3. The number of fused-ring (bicyclic) bond motifs is 9. The van der Waals surface area contributed by atoms with Crippen molar-refractivity contribution in [3.8, 4) is 23.0 Å². The lowest BCUT2D eigenvalue weighted by molar-refractivity contribution is -0.130. The number of piperidine rings is 3. The maximum atomic E-state index is 13.5. The van der Waals surface area contributed by atoms with Crippen molar-refractivity contribution in [1.29, 1.82) is 0 Å². The van der Waals surface area contributed by atoms with Crippen LogP contribution in [0.4, 0.5) is 0 Å². The standard InChI is InChI=1S/C24H26N2O3S2.C23H27N3O2.C22H25N3O2/c1-28-19-5-3-4-16-20(19)23(30-2)31-21(16)22(27)26-10-8-24(9-11-26)14-29-18-7-6-15(13-25)12-17(18)24;1-25-14-18(17-4-2-3-5-20(17)25)22(27)26-10-8-23(9-11-26)15-28-21-7-6-16(13-24)12-19(21)23;23-12-15-5-6-20-18(11-15)22(14-27-20)7-9-25(10-8-22)21(26)17-13-24-19-4-2-1-3-16(17)19/h3-7,12H,8-11,13-14,25H2,1-2H3;2-7,12,14,17,20H,8-11,13,15,24H2,1H3;1-6,11,13,16,19,24H,7-10,12,14,23H2. The molecule has 0 saturated carbocycles. The highest BCUT2D eigenvalue weighted by Gasteiger charge is 2.48. The highest BCUT2D eigenvalue weighted by molar-refractivity contribution is 8.00. The first kappa shape index (κ1) is 57.8. The Morgan fingerprint density at radius 1 is 0.616 bits per heavy atom. The maximum absolute atomic E-state index is 13.5. The summed E-state index contributed by atoms with van der Waals surface area (Å²) < 4.78 is 24.7. The van der Waals surface area contributed by atoms with Crippen molar-refractivity contribution >= 4 is 51.6 Å². The number of nitrogens with zero attached hydrogens (tertiary/aromatic N) is 4. The van der Waals surface area contributed by atoms with E-state index in [0.717, 1.165) is 148 Å². The van der Waals surface area contributed by atoms with Crippen molar-refractivity contribution in [3.63, 3.8) is 0 Å². The van der Waals surface area contributed by atoms with Gasteiger partial charge in [0.05, 0.1) is 43.2 Å². The van der Waals surface area contributed by atoms with Gasteiger partial charge in [-0.05, 0) is 85.7 Å². The lowest BCUT2D eigenvalue weighted by Crippen LogP contribution is -2.47. The van der Waals surface area contributed by atoms with E-state index < -0.39 is 0 Å². The summed E-state index contributed by atoms with van der Waals surface area (Å²) >= 11 is 3.24. The van der Waals surface area contributed by atoms with E-state index in [0.29, 0.717) is 39.5 Å². The molecule has 8 aliphatic heterocycles. The van der Waals surface area contributed by atoms with Gasteiger partial charge in [-0.2, -0.15) is 0 Å². The van der Waals surface area contributed by atoms with E-state index in [1.54, 1.807) is 30.2 Å². The quantitative estimate of drug-likeness (QED) is 0.108. The zero-order valence-electron chi connectivity index (χ0n) is 49.4. The Kier molecular flexibility index (Phi) is 16.0. The highest BCUT2D eigenvalue weighted by Crippen LogP contribution is 2.50. The summed E-state index contributed by atoms with van der Waals surface area (Å²) in [7, 11) is 3.73. The fourth-order valence-corrected chi connectivity index (χ4v) is 16.8. The third-order valence-corrected chi connectivity index (χ3v) is 22.4. The number of thioether (sulfide) groups is 1. The van der Waals surface area contributed by atoms with Crippen LogP contribution >= 0.6 is 23.1 Å². The summed E-state index contributed by atoms with van der Waals surface area (Å²) in [4.78, 5) is 48.9. The molecule has 17 heteroatoms. The van der Waals surface area contributed by atoms with Crippen LogP contribution in [0.1, 0.15) is 81.6 Å². The van der Waals surface area contributed by atoms with Gasteiger partial charge in [0.25, 0.3) is 17.7 Å². The first-order valence-electron chi connectivity index (χ1n) is 30.4. The number of carbonyl (C=O) groups excluding carboxylic acids is 3. The first-order chi connectivity index (χ1) is 41.9. The Hall–Kier alpha value is -7.28. The van der Waals surface area contributed by atoms with Crippen LogP contribution in [-0.2, 0) is 45.5 Å². The molecule has 4 unspecified atom stereocenters. The summed E-state index contributed by atoms with van der Waals surface area (Å²) in [5.41, 5.74) is 26.6. The number of thiophene rings is 1. The average Bonchev–Trinajstić information content (AvgIpc) is 1.87. The number of ether oxygens (including phenoxy) is 4. The SMILES string of the molecule is CN1C=C(C(=O)N2CCC3(CC2)COc2ccc(CN)cc23)C2C=CC=CC21.COc1cccc2c(C(=O)N3CCC4(CC3)COc3ccc(CN)cc34)sc(SC)c12.NCc1ccc2c(c1)C1(CCN(C(=O)C3=CNC4C=CC=CC34)CC1)CO2. The molecule has 3 saturated heterocycles. The van der Waals surface area contributed by atoms with Gasteiger partial charge in [-0.25, -0.2) is 0 Å². The lowest BCUT2D eigenvalue weighted by Gasteiger charge is -2.39. The summed E-state index contributed by atoms with van der Waals surface area (Å²) in [6.45, 7) is 8.25. The Labute approximate surface area is 512 Å². The second kappa shape index (κ2) is 23.8. The largest absolute Gasteiger partial charge is 0.496 e. The molecule has 4 atom stereocenters. The average molecular weight is 1200 g/mol. The predicted octanol–water partition coefficient (Wildman–Crippen LogP) is 8.99. The summed E-state index contributed by atoms with van der Waals surface area (Å²) in [6, 6.07) is 25.3. The number of allylic oxidation sites excluding steroid dienone is 4. The van der Waals surface area contributed by atoms with Gasteiger partial charge in [0.2, 0.25) is 0 Å². The molecule has 448 valence electrons. The van der Waals surface area contributed by atoms with E-state index in [-0.39, 0.29) is 57.9 Å². The third-order valence-electron chi connectivity index (χ3n) is 20.1. The zero-order valence-corrected chi connectivity index (χ0v) is 51.1. The van der Waals surface area contributed by atoms with Gasteiger partial charge in [0.15, 0.2) is 0 Å². The van der Waals surface area contributed by atoms with Crippen LogP contribution in [0.5, 0.6) is 23.0 Å². The zero-order chi connectivity index (χ0) is 59.3. The van der Waals surface area contributed by atoms with Crippen LogP contribution in [0.25, 0.3) is 10.8 Å². The molecule has 7 N–H and O–H groups in total. The number of nitrogens with one attached hydrogen (secondary N) is 1. The number of carbonyl (C=O) groups is 3. The van der Waals surface area contributed by atoms with Crippen molar-refractivity contribution in [1.82, 2.24) is 24.9 Å². The molecule has 0 bridgehead atoms. The highest BCUT2D eigenvalue weighted by atomic mass is 32.2. The molecule has 3 spiro atoms. The predicted molar refractivity (Wildman–Crippen MR) is 340 cm³/mol. The van der Waals surface area contributed by atoms with Gasteiger partial charge >= 0.3 is 0 Å². The molecular formula is C69H78N8O7S2. The maximum Gasteiger partial charge on any atom is 0.264 e. The fraction of sp³-hybridized carbons (Fsp3) is 0.406. The van der Waals surface area contributed by atoms with E-state index >= 15 is 0 Å². The number of hydrogen-bond donors (Lipinski definition) is 4. The van der Waals surface area contributed by atoms with E-state index in [2.05, 4.69) is 71.9 Å². The number of amides is 3. The molecule has 10 aliphatic rings. The number of benzene rings is 4. The van der Waals surface area contributed by atoms with Crippen molar-refractivity contribution in [2.24, 2.45) is 29.0 Å². The molecule has 15 nitrogen and oxygen atoms in total. The monoisotopic (exact) mass is 1190 g/mol. The van der Waals surface area contributed by atoms with Crippen molar-refractivity contribution in [2.45, 2.75) is 90.7 Å². The molecule has 15 rings (SSSR count). The molecule has 2 aliphatic carbocycles. The Morgan fingerprint density at radius 2 is 1.08 bits per heavy atom. The van der Waals surface area contributed by atoms with Crippen LogP contribution in [0, 0.1) is 11.8 Å². The Bertz CT molecular complexity index is 3650. The number of likely N-dealkylation sites (N-methyl/N-ethyl adjacent to an activating group) is 1. The number of hydrogen-bond acceptors (Lipinski definition) is 14. The van der Waals surface area contributed by atoms with Crippen LogP contribution in [-0.4, -0.2) is 129 Å². The number of likely N-dealkylation sites (tertiary alicyclic amines) is 3. The second-order valence-corrected chi connectivity index (χ2v) is 26.7. The molecule has 3 amide bonds. The van der Waals surface area contributed by atoms with Gasteiger partial charge in [0, 0.05) is 145 Å². The number of nitrogens with two attached hydrogens (primary N) is 3. The number of rotatable bonds is 8. The molecule has 9 heterocycles. The van der Waals surface area contributed by atoms with E-state index in [1.165, 1.54) is 16.7 Å². The minimum Gasteiger partial charge on any atom is -0.496 e. The minimum absolute atomic E-state index is 0.0114. The van der Waals surface area contributed by atoms with Gasteiger partial charge in [0.1, 0.15) is 27.9 Å². The van der Waals surface area contributed by atoms with E-state index in [1.807, 2.05) is 100 Å². The molecular weight excluding hydrogens is 1120 g/mol. The second-order valence-electron chi connectivity index (χ2n) is 24.6. The van der Waals surface area contributed by atoms with E-state index in [4.69, 9.17) is 36.1 Å². The molecule has 3 fully saturated rings. The van der Waals surface area contributed by atoms with Crippen LogP contribution in [0.15, 0.2) is 149 Å². The van der Waals surface area contributed by atoms with Gasteiger partial charge < -0.3 is 61.1 Å². The molecule has 86 heavy (non-hydrogen) atoms. The lowest BCUT2D eigenvalue weighted by atomic mass is 9.74. The molecule has 4 aromatic carbocycles. The Balaban J connectivity index is 0.000000120.